The maximum Gasteiger partial charge on any atom is 0.341 e. The van der Waals surface area contributed by atoms with Crippen LogP contribution in [0.5, 0.6) is 5.75 Å². The lowest BCUT2D eigenvalue weighted by atomic mass is 10.1. The molecule has 0 aliphatic rings. The molecule has 2 N–H and O–H groups in total. The number of benzene rings is 1. The van der Waals surface area contributed by atoms with Crippen molar-refractivity contribution in [2.75, 3.05) is 38.9 Å². The summed E-state index contributed by atoms with van der Waals surface area (Å²) in [5, 5.41) is 6.77. The number of rotatable bonds is 5. The molecule has 1 heterocycles. The van der Waals surface area contributed by atoms with Crippen LogP contribution in [0.1, 0.15) is 25.6 Å². The van der Waals surface area contributed by atoms with Gasteiger partial charge in [-0.3, -0.25) is 4.79 Å². The van der Waals surface area contributed by atoms with Gasteiger partial charge in [-0.15, -0.1) is 11.3 Å². The molecular weight excluding hydrogens is 386 g/mol. The number of anilines is 2. The molecule has 0 saturated carbocycles. The van der Waals surface area contributed by atoms with Crippen LogP contribution in [0.25, 0.3) is 0 Å². The molecule has 2 aromatic rings. The van der Waals surface area contributed by atoms with Gasteiger partial charge in [-0.25, -0.2) is 4.79 Å². The summed E-state index contributed by atoms with van der Waals surface area (Å²) in [6, 6.07) is 7.23. The maximum atomic E-state index is 12.4. The molecule has 1 amide bonds. The van der Waals surface area contributed by atoms with Gasteiger partial charge in [0.15, 0.2) is 5.11 Å². The number of esters is 1. The van der Waals surface area contributed by atoms with Crippen LogP contribution in [0.2, 0.25) is 0 Å². The van der Waals surface area contributed by atoms with Gasteiger partial charge in [0.05, 0.1) is 24.7 Å². The number of nitrogens with zero attached hydrogens (tertiary/aromatic N) is 1. The molecule has 0 atom stereocenters. The van der Waals surface area contributed by atoms with E-state index in [2.05, 4.69) is 10.6 Å². The molecule has 2 rings (SSSR count). The molecule has 0 radical (unpaired) electrons. The number of hydrogen-bond donors (Lipinski definition) is 2. The average molecular weight is 408 g/mol. The first kappa shape index (κ1) is 20.7. The van der Waals surface area contributed by atoms with Gasteiger partial charge < -0.3 is 25.0 Å². The van der Waals surface area contributed by atoms with E-state index in [-0.39, 0.29) is 11.0 Å². The van der Waals surface area contributed by atoms with Crippen LogP contribution in [-0.2, 0) is 4.74 Å². The number of amides is 1. The molecular formula is C18H21N3O4S2. The maximum absolute atomic E-state index is 12.4. The van der Waals surface area contributed by atoms with Crippen LogP contribution in [0.4, 0.5) is 10.7 Å². The number of thiophene rings is 1. The second-order valence-electron chi connectivity index (χ2n) is 5.76. The number of carbonyl (C=O) groups excluding carboxylic acids is 2. The second-order valence-corrected chi connectivity index (χ2v) is 7.19. The number of thiocarbonyl (C=S) groups is 1. The van der Waals surface area contributed by atoms with Gasteiger partial charge in [0.25, 0.3) is 5.91 Å². The standard InChI is InChI=1S/C18H21N3O4S2/c1-10-13(17(23)25-5)15(27-14(10)16(22)21(2)3)20-18(26)19-11-6-8-12(24-4)9-7-11/h6-9H,1-5H3,(H2,19,20,26). The molecule has 0 spiro atoms. The van der Waals surface area contributed by atoms with Gasteiger partial charge in [-0.1, -0.05) is 0 Å². The molecule has 144 valence electrons. The van der Waals surface area contributed by atoms with Crippen LogP contribution in [-0.4, -0.2) is 50.2 Å². The Morgan fingerprint density at radius 3 is 2.26 bits per heavy atom. The zero-order valence-corrected chi connectivity index (χ0v) is 17.3. The fourth-order valence-electron chi connectivity index (χ4n) is 2.30. The van der Waals surface area contributed by atoms with Crippen molar-refractivity contribution in [1.82, 2.24) is 4.90 Å². The van der Waals surface area contributed by atoms with E-state index in [0.717, 1.165) is 22.8 Å². The van der Waals surface area contributed by atoms with E-state index in [1.807, 2.05) is 12.1 Å². The Morgan fingerprint density at radius 1 is 1.11 bits per heavy atom. The van der Waals surface area contributed by atoms with E-state index < -0.39 is 5.97 Å². The first-order chi connectivity index (χ1) is 12.8. The number of methoxy groups -OCH3 is 2. The zero-order valence-electron chi connectivity index (χ0n) is 15.7. The quantitative estimate of drug-likeness (QED) is 0.581. The summed E-state index contributed by atoms with van der Waals surface area (Å²) < 4.78 is 9.98. The van der Waals surface area contributed by atoms with Crippen molar-refractivity contribution >= 4 is 51.2 Å². The Labute approximate surface area is 167 Å². The molecule has 0 saturated heterocycles. The van der Waals surface area contributed by atoms with Gasteiger partial charge in [0, 0.05) is 19.8 Å². The Morgan fingerprint density at radius 2 is 1.74 bits per heavy atom. The average Bonchev–Trinajstić information content (AvgIpc) is 2.96. The summed E-state index contributed by atoms with van der Waals surface area (Å²) in [7, 11) is 6.20. The van der Waals surface area contributed by atoms with Crippen molar-refractivity contribution in [1.29, 1.82) is 0 Å². The Hall–Kier alpha value is -2.65. The molecule has 1 aromatic heterocycles. The smallest absolute Gasteiger partial charge is 0.341 e. The lowest BCUT2D eigenvalue weighted by Crippen LogP contribution is -2.21. The Balaban J connectivity index is 2.27. The van der Waals surface area contributed by atoms with E-state index in [0.29, 0.717) is 21.0 Å². The fourth-order valence-corrected chi connectivity index (χ4v) is 3.80. The molecule has 27 heavy (non-hydrogen) atoms. The lowest BCUT2D eigenvalue weighted by molar-refractivity contribution is 0.0601. The Bertz CT molecular complexity index is 860. The van der Waals surface area contributed by atoms with Crippen LogP contribution in [0, 0.1) is 6.92 Å². The highest BCUT2D eigenvalue weighted by Crippen LogP contribution is 2.34. The van der Waals surface area contributed by atoms with E-state index in [9.17, 15) is 9.59 Å². The van der Waals surface area contributed by atoms with Crippen molar-refractivity contribution in [3.05, 3.63) is 40.3 Å². The molecule has 0 bridgehead atoms. The summed E-state index contributed by atoms with van der Waals surface area (Å²) in [4.78, 5) is 26.5. The summed E-state index contributed by atoms with van der Waals surface area (Å²) in [6.07, 6.45) is 0. The predicted octanol–water partition coefficient (Wildman–Crippen LogP) is 3.36. The SMILES string of the molecule is COC(=O)c1c(NC(=S)Nc2ccc(OC)cc2)sc(C(=O)N(C)C)c1C. The topological polar surface area (TPSA) is 79.9 Å². The summed E-state index contributed by atoms with van der Waals surface area (Å²) in [5.74, 6) is 0.00849. The Kier molecular flexibility index (Phi) is 6.75. The normalized spacial score (nSPS) is 10.1. The van der Waals surface area contributed by atoms with E-state index in [4.69, 9.17) is 21.7 Å². The van der Waals surface area contributed by atoms with Crippen molar-refractivity contribution in [2.24, 2.45) is 0 Å². The summed E-state index contributed by atoms with van der Waals surface area (Å²) >= 11 is 6.50. The minimum absolute atomic E-state index is 0.190. The van der Waals surface area contributed by atoms with Gasteiger partial charge >= 0.3 is 5.97 Å². The minimum Gasteiger partial charge on any atom is -0.497 e. The molecule has 1 aromatic carbocycles. The molecule has 0 fully saturated rings. The predicted molar refractivity (Wildman–Crippen MR) is 111 cm³/mol. The number of carbonyl (C=O) groups is 2. The van der Waals surface area contributed by atoms with Crippen molar-refractivity contribution < 1.29 is 19.1 Å². The van der Waals surface area contributed by atoms with Gasteiger partial charge in [-0.2, -0.15) is 0 Å². The first-order valence-corrected chi connectivity index (χ1v) is 9.16. The highest BCUT2D eigenvalue weighted by molar-refractivity contribution is 7.80. The number of hydrogen-bond acceptors (Lipinski definition) is 6. The van der Waals surface area contributed by atoms with Gasteiger partial charge in [-0.05, 0) is 49.0 Å². The monoisotopic (exact) mass is 407 g/mol. The third-order valence-electron chi connectivity index (χ3n) is 3.71. The highest BCUT2D eigenvalue weighted by atomic mass is 32.1. The van der Waals surface area contributed by atoms with Crippen molar-refractivity contribution in [3.8, 4) is 5.75 Å². The second kappa shape index (κ2) is 8.83. The van der Waals surface area contributed by atoms with Crippen LogP contribution in [0.3, 0.4) is 0 Å². The van der Waals surface area contributed by atoms with E-state index >= 15 is 0 Å². The number of nitrogens with one attached hydrogen (secondary N) is 2. The molecule has 0 aliphatic carbocycles. The van der Waals surface area contributed by atoms with Crippen LogP contribution >= 0.6 is 23.6 Å². The zero-order chi connectivity index (χ0) is 20.1. The summed E-state index contributed by atoms with van der Waals surface area (Å²) in [5.41, 5.74) is 1.61. The minimum atomic E-state index is -0.531. The lowest BCUT2D eigenvalue weighted by Gasteiger charge is -2.11. The van der Waals surface area contributed by atoms with Crippen molar-refractivity contribution in [3.63, 3.8) is 0 Å². The van der Waals surface area contributed by atoms with Crippen LogP contribution in [0.15, 0.2) is 24.3 Å². The van der Waals surface area contributed by atoms with E-state index in [1.165, 1.54) is 12.0 Å². The first-order valence-electron chi connectivity index (χ1n) is 7.93. The molecule has 0 unspecified atom stereocenters. The molecule has 0 aliphatic heterocycles. The fraction of sp³-hybridized carbons (Fsp3) is 0.278. The highest BCUT2D eigenvalue weighted by Gasteiger charge is 2.26. The third kappa shape index (κ3) is 4.75. The van der Waals surface area contributed by atoms with E-state index in [1.54, 1.807) is 40.3 Å². The molecule has 7 nitrogen and oxygen atoms in total. The third-order valence-corrected chi connectivity index (χ3v) is 5.11. The largest absolute Gasteiger partial charge is 0.497 e. The van der Waals surface area contributed by atoms with Crippen LogP contribution < -0.4 is 15.4 Å². The van der Waals surface area contributed by atoms with Gasteiger partial charge in [0.2, 0.25) is 0 Å². The van der Waals surface area contributed by atoms with Gasteiger partial charge in [0.1, 0.15) is 10.8 Å². The summed E-state index contributed by atoms with van der Waals surface area (Å²) in [6.45, 7) is 1.71. The van der Waals surface area contributed by atoms with Crippen molar-refractivity contribution in [2.45, 2.75) is 6.92 Å². The molecule has 9 heteroatoms. The number of ether oxygens (including phenoxy) is 2.